The Morgan fingerprint density at radius 2 is 2.50 bits per heavy atom. The Hall–Kier alpha value is -1.65. The summed E-state index contributed by atoms with van der Waals surface area (Å²) in [5.41, 5.74) is 6.41. The minimum atomic E-state index is 0.456. The van der Waals surface area contributed by atoms with Gasteiger partial charge in [-0.1, -0.05) is 6.92 Å². The number of hydrogen-bond donors (Lipinski definition) is 2. The van der Waals surface area contributed by atoms with Gasteiger partial charge in [-0.3, -0.25) is 0 Å². The predicted octanol–water partition coefficient (Wildman–Crippen LogP) is 0.291. The molecule has 1 aromatic heterocycles. The van der Waals surface area contributed by atoms with Crippen LogP contribution in [0.4, 0.5) is 0 Å². The molecule has 0 unspecified atom stereocenters. The Kier molecular flexibility index (Phi) is 4.40. The molecule has 1 aromatic rings. The van der Waals surface area contributed by atoms with Crippen LogP contribution < -0.4 is 11.1 Å². The van der Waals surface area contributed by atoms with E-state index in [1.54, 1.807) is 6.20 Å². The minimum Gasteiger partial charge on any atom is -0.370 e. The first-order valence-electron chi connectivity index (χ1n) is 4.63. The lowest BCUT2D eigenvalue weighted by Crippen LogP contribution is -2.32. The van der Waals surface area contributed by atoms with Gasteiger partial charge >= 0.3 is 0 Å². The van der Waals surface area contributed by atoms with Crippen molar-refractivity contribution in [3.05, 3.63) is 24.0 Å². The SMILES string of the molecule is CCCNC(N)=NCc1cccnn1. The predicted molar refractivity (Wildman–Crippen MR) is 55.7 cm³/mol. The van der Waals surface area contributed by atoms with E-state index in [0.29, 0.717) is 12.5 Å². The van der Waals surface area contributed by atoms with E-state index in [1.165, 1.54) is 0 Å². The number of aromatic nitrogens is 2. The van der Waals surface area contributed by atoms with Gasteiger partial charge < -0.3 is 11.1 Å². The number of hydrogen-bond acceptors (Lipinski definition) is 3. The van der Waals surface area contributed by atoms with Gasteiger partial charge in [0.25, 0.3) is 0 Å². The number of guanidine groups is 1. The van der Waals surface area contributed by atoms with E-state index in [2.05, 4.69) is 27.4 Å². The molecule has 0 atom stereocenters. The van der Waals surface area contributed by atoms with Crippen LogP contribution in [-0.4, -0.2) is 22.7 Å². The van der Waals surface area contributed by atoms with Gasteiger partial charge in [-0.15, -0.1) is 0 Å². The van der Waals surface area contributed by atoms with Gasteiger partial charge in [-0.25, -0.2) is 4.99 Å². The number of aliphatic imine (C=N–C) groups is 1. The average Bonchev–Trinajstić information content (AvgIpc) is 2.25. The van der Waals surface area contributed by atoms with Crippen molar-refractivity contribution < 1.29 is 0 Å². The molecular weight excluding hydrogens is 178 g/mol. The van der Waals surface area contributed by atoms with E-state index < -0.39 is 0 Å². The Morgan fingerprint density at radius 3 is 3.14 bits per heavy atom. The molecule has 0 saturated heterocycles. The standard InChI is InChI=1S/C9H15N5/c1-2-5-11-9(10)12-7-8-4-3-6-13-14-8/h3-4,6H,2,5,7H2,1H3,(H3,10,11,12). The van der Waals surface area contributed by atoms with E-state index in [4.69, 9.17) is 5.73 Å². The number of nitrogens with two attached hydrogens (primary N) is 1. The molecule has 0 aromatic carbocycles. The van der Waals surface area contributed by atoms with Crippen LogP contribution in [0.3, 0.4) is 0 Å². The smallest absolute Gasteiger partial charge is 0.188 e. The number of rotatable bonds is 4. The summed E-state index contributed by atoms with van der Waals surface area (Å²) in [6.45, 7) is 3.38. The molecule has 5 nitrogen and oxygen atoms in total. The van der Waals surface area contributed by atoms with Crippen molar-refractivity contribution in [2.75, 3.05) is 6.54 Å². The summed E-state index contributed by atoms with van der Waals surface area (Å²) < 4.78 is 0. The zero-order chi connectivity index (χ0) is 10.2. The van der Waals surface area contributed by atoms with Crippen LogP contribution in [0.5, 0.6) is 0 Å². The summed E-state index contributed by atoms with van der Waals surface area (Å²) in [7, 11) is 0. The molecule has 1 rings (SSSR count). The molecule has 76 valence electrons. The van der Waals surface area contributed by atoms with Crippen LogP contribution in [0, 0.1) is 0 Å². The molecule has 14 heavy (non-hydrogen) atoms. The number of nitrogens with zero attached hydrogens (tertiary/aromatic N) is 3. The molecule has 3 N–H and O–H groups in total. The highest BCUT2D eigenvalue weighted by Gasteiger charge is 1.92. The fourth-order valence-electron chi connectivity index (χ4n) is 0.893. The lowest BCUT2D eigenvalue weighted by molar-refractivity contribution is 0.818. The molecule has 0 amide bonds. The second-order valence-electron chi connectivity index (χ2n) is 2.84. The zero-order valence-electron chi connectivity index (χ0n) is 8.27. The summed E-state index contributed by atoms with van der Waals surface area (Å²) in [6, 6.07) is 3.69. The van der Waals surface area contributed by atoms with Gasteiger partial charge in [-0.05, 0) is 18.6 Å². The summed E-state index contributed by atoms with van der Waals surface area (Å²) in [4.78, 5) is 4.11. The fourth-order valence-corrected chi connectivity index (χ4v) is 0.893. The van der Waals surface area contributed by atoms with Crippen LogP contribution >= 0.6 is 0 Å². The molecule has 1 heterocycles. The summed E-state index contributed by atoms with van der Waals surface area (Å²) >= 11 is 0. The summed E-state index contributed by atoms with van der Waals surface area (Å²) in [6.07, 6.45) is 2.66. The third-order valence-corrected chi connectivity index (χ3v) is 1.60. The summed E-state index contributed by atoms with van der Waals surface area (Å²) in [5.74, 6) is 0.456. The first-order chi connectivity index (χ1) is 6.83. The van der Waals surface area contributed by atoms with Gasteiger partial charge in [0.05, 0.1) is 12.2 Å². The highest BCUT2D eigenvalue weighted by molar-refractivity contribution is 5.77. The maximum atomic E-state index is 5.60. The fraction of sp³-hybridized carbons (Fsp3) is 0.444. The molecule has 0 aliphatic heterocycles. The first kappa shape index (κ1) is 10.4. The van der Waals surface area contributed by atoms with Gasteiger partial charge in [0.15, 0.2) is 5.96 Å². The van der Waals surface area contributed by atoms with Crippen LogP contribution in [-0.2, 0) is 6.54 Å². The third kappa shape index (κ3) is 3.84. The molecule has 0 fully saturated rings. The van der Waals surface area contributed by atoms with Crippen LogP contribution in [0.1, 0.15) is 19.0 Å². The lowest BCUT2D eigenvalue weighted by atomic mass is 10.4. The Bertz CT molecular complexity index is 283. The van der Waals surface area contributed by atoms with Crippen molar-refractivity contribution in [3.8, 4) is 0 Å². The third-order valence-electron chi connectivity index (χ3n) is 1.60. The second-order valence-corrected chi connectivity index (χ2v) is 2.84. The molecule has 0 saturated carbocycles. The second kappa shape index (κ2) is 5.90. The maximum Gasteiger partial charge on any atom is 0.188 e. The first-order valence-corrected chi connectivity index (χ1v) is 4.63. The average molecular weight is 193 g/mol. The molecular formula is C9H15N5. The van der Waals surface area contributed by atoms with Crippen molar-refractivity contribution in [2.24, 2.45) is 10.7 Å². The molecule has 0 radical (unpaired) electrons. The van der Waals surface area contributed by atoms with Crippen molar-refractivity contribution in [3.63, 3.8) is 0 Å². The van der Waals surface area contributed by atoms with Crippen LogP contribution in [0.2, 0.25) is 0 Å². The van der Waals surface area contributed by atoms with Gasteiger partial charge in [0.1, 0.15) is 0 Å². The van der Waals surface area contributed by atoms with Crippen LogP contribution in [0.25, 0.3) is 0 Å². The summed E-state index contributed by atoms with van der Waals surface area (Å²) in [5, 5.41) is 10.6. The Morgan fingerprint density at radius 1 is 1.64 bits per heavy atom. The quantitative estimate of drug-likeness (QED) is 0.532. The minimum absolute atomic E-state index is 0.456. The number of nitrogens with one attached hydrogen (secondary N) is 1. The van der Waals surface area contributed by atoms with E-state index in [1.807, 2.05) is 12.1 Å². The van der Waals surface area contributed by atoms with Crippen molar-refractivity contribution in [1.29, 1.82) is 0 Å². The topological polar surface area (TPSA) is 76.2 Å². The van der Waals surface area contributed by atoms with E-state index in [-0.39, 0.29) is 0 Å². The van der Waals surface area contributed by atoms with Gasteiger partial charge in [-0.2, -0.15) is 10.2 Å². The highest BCUT2D eigenvalue weighted by atomic mass is 15.1. The molecule has 0 spiro atoms. The van der Waals surface area contributed by atoms with Crippen molar-refractivity contribution in [2.45, 2.75) is 19.9 Å². The highest BCUT2D eigenvalue weighted by Crippen LogP contribution is 1.92. The van der Waals surface area contributed by atoms with Crippen molar-refractivity contribution >= 4 is 5.96 Å². The van der Waals surface area contributed by atoms with E-state index in [0.717, 1.165) is 18.7 Å². The van der Waals surface area contributed by atoms with Crippen LogP contribution in [0.15, 0.2) is 23.3 Å². The van der Waals surface area contributed by atoms with E-state index >= 15 is 0 Å². The van der Waals surface area contributed by atoms with Gasteiger partial charge in [0.2, 0.25) is 0 Å². The largest absolute Gasteiger partial charge is 0.370 e. The molecule has 0 aliphatic rings. The maximum absolute atomic E-state index is 5.60. The molecule has 5 heteroatoms. The molecule has 0 bridgehead atoms. The van der Waals surface area contributed by atoms with Gasteiger partial charge in [0, 0.05) is 12.7 Å². The zero-order valence-corrected chi connectivity index (χ0v) is 8.27. The Balaban J connectivity index is 2.39. The Labute approximate surface area is 83.4 Å². The lowest BCUT2D eigenvalue weighted by Gasteiger charge is -2.02. The normalized spacial score (nSPS) is 11.4. The van der Waals surface area contributed by atoms with Crippen molar-refractivity contribution in [1.82, 2.24) is 15.5 Å². The monoisotopic (exact) mass is 193 g/mol. The van der Waals surface area contributed by atoms with E-state index in [9.17, 15) is 0 Å². The molecule has 0 aliphatic carbocycles.